The summed E-state index contributed by atoms with van der Waals surface area (Å²) >= 11 is 0. The van der Waals surface area contributed by atoms with Gasteiger partial charge in [0.15, 0.2) is 0 Å². The standard InChI is InChI=1S/C15H25NO/c1-4-17-15(13-8-6-5-7-9-13)14(16)11-10-12(2)3/h5-9,12,14-15H,4,10-11,16H2,1-3H3. The molecule has 0 amide bonds. The number of ether oxygens (including phenoxy) is 1. The molecular formula is C15H25NO. The highest BCUT2D eigenvalue weighted by molar-refractivity contribution is 5.19. The monoisotopic (exact) mass is 235 g/mol. The van der Waals surface area contributed by atoms with Crippen LogP contribution in [0.5, 0.6) is 0 Å². The number of hydrogen-bond acceptors (Lipinski definition) is 2. The van der Waals surface area contributed by atoms with Crippen LogP contribution in [0.2, 0.25) is 0 Å². The molecule has 0 aromatic heterocycles. The van der Waals surface area contributed by atoms with Gasteiger partial charge in [-0.15, -0.1) is 0 Å². The van der Waals surface area contributed by atoms with E-state index in [-0.39, 0.29) is 12.1 Å². The van der Waals surface area contributed by atoms with Crippen molar-refractivity contribution in [1.29, 1.82) is 0 Å². The van der Waals surface area contributed by atoms with Gasteiger partial charge in [0.2, 0.25) is 0 Å². The van der Waals surface area contributed by atoms with Gasteiger partial charge in [-0.05, 0) is 31.2 Å². The molecule has 2 unspecified atom stereocenters. The number of nitrogens with two attached hydrogens (primary N) is 1. The highest BCUT2D eigenvalue weighted by Crippen LogP contribution is 2.23. The molecule has 0 radical (unpaired) electrons. The first-order valence-corrected chi connectivity index (χ1v) is 6.57. The van der Waals surface area contributed by atoms with Crippen LogP contribution >= 0.6 is 0 Å². The number of benzene rings is 1. The van der Waals surface area contributed by atoms with Gasteiger partial charge in [0.25, 0.3) is 0 Å². The zero-order valence-electron chi connectivity index (χ0n) is 11.2. The Labute approximate surface area is 105 Å². The topological polar surface area (TPSA) is 35.2 Å². The zero-order valence-corrected chi connectivity index (χ0v) is 11.2. The minimum atomic E-state index is 0.0277. The van der Waals surface area contributed by atoms with Gasteiger partial charge in [0.05, 0.1) is 6.10 Å². The third-order valence-electron chi connectivity index (χ3n) is 2.94. The van der Waals surface area contributed by atoms with E-state index in [9.17, 15) is 0 Å². The molecule has 0 fully saturated rings. The van der Waals surface area contributed by atoms with E-state index >= 15 is 0 Å². The van der Waals surface area contributed by atoms with Gasteiger partial charge in [-0.3, -0.25) is 0 Å². The second kappa shape index (κ2) is 7.46. The first kappa shape index (κ1) is 14.2. The summed E-state index contributed by atoms with van der Waals surface area (Å²) in [6.07, 6.45) is 2.19. The lowest BCUT2D eigenvalue weighted by molar-refractivity contribution is 0.0400. The van der Waals surface area contributed by atoms with Crippen molar-refractivity contribution in [2.45, 2.75) is 45.8 Å². The van der Waals surface area contributed by atoms with Gasteiger partial charge < -0.3 is 10.5 Å². The van der Waals surface area contributed by atoms with Gasteiger partial charge in [-0.2, -0.15) is 0 Å². The lowest BCUT2D eigenvalue weighted by atomic mass is 9.96. The minimum absolute atomic E-state index is 0.0277. The predicted molar refractivity (Wildman–Crippen MR) is 72.9 cm³/mol. The fourth-order valence-corrected chi connectivity index (χ4v) is 1.97. The van der Waals surface area contributed by atoms with E-state index in [1.807, 2.05) is 25.1 Å². The summed E-state index contributed by atoms with van der Waals surface area (Å²) < 4.78 is 5.80. The summed E-state index contributed by atoms with van der Waals surface area (Å²) in [4.78, 5) is 0. The third kappa shape index (κ3) is 4.88. The highest BCUT2D eigenvalue weighted by atomic mass is 16.5. The Bertz CT molecular complexity index is 297. The Balaban J connectivity index is 2.65. The van der Waals surface area contributed by atoms with Crippen LogP contribution in [0.15, 0.2) is 30.3 Å². The van der Waals surface area contributed by atoms with Gasteiger partial charge in [-0.25, -0.2) is 0 Å². The van der Waals surface area contributed by atoms with E-state index in [1.54, 1.807) is 0 Å². The van der Waals surface area contributed by atoms with Crippen LogP contribution in [-0.2, 0) is 4.74 Å². The fraction of sp³-hybridized carbons (Fsp3) is 0.600. The van der Waals surface area contributed by atoms with E-state index in [0.717, 1.165) is 12.8 Å². The molecule has 1 aromatic carbocycles. The molecule has 2 nitrogen and oxygen atoms in total. The molecule has 1 rings (SSSR count). The number of rotatable bonds is 7. The molecule has 96 valence electrons. The second-order valence-corrected chi connectivity index (χ2v) is 4.92. The van der Waals surface area contributed by atoms with Crippen LogP contribution in [-0.4, -0.2) is 12.6 Å². The Hall–Kier alpha value is -0.860. The molecule has 2 heteroatoms. The molecule has 2 atom stereocenters. The molecule has 0 aliphatic carbocycles. The summed E-state index contributed by atoms with van der Waals surface area (Å²) in [6, 6.07) is 10.4. The van der Waals surface area contributed by atoms with Crippen molar-refractivity contribution in [3.8, 4) is 0 Å². The summed E-state index contributed by atoms with van der Waals surface area (Å²) in [5.74, 6) is 0.694. The van der Waals surface area contributed by atoms with E-state index in [2.05, 4.69) is 26.0 Å². The molecule has 17 heavy (non-hydrogen) atoms. The van der Waals surface area contributed by atoms with Gasteiger partial charge in [-0.1, -0.05) is 44.2 Å². The molecule has 2 N–H and O–H groups in total. The van der Waals surface area contributed by atoms with Crippen molar-refractivity contribution in [1.82, 2.24) is 0 Å². The van der Waals surface area contributed by atoms with E-state index in [0.29, 0.717) is 12.5 Å². The first-order valence-electron chi connectivity index (χ1n) is 6.57. The SMILES string of the molecule is CCOC(c1ccccc1)C(N)CCC(C)C. The van der Waals surface area contributed by atoms with Gasteiger partial charge in [0.1, 0.15) is 0 Å². The van der Waals surface area contributed by atoms with Gasteiger partial charge >= 0.3 is 0 Å². The van der Waals surface area contributed by atoms with Crippen molar-refractivity contribution in [2.24, 2.45) is 11.7 Å². The zero-order chi connectivity index (χ0) is 12.7. The molecule has 0 saturated heterocycles. The van der Waals surface area contributed by atoms with E-state index < -0.39 is 0 Å². The summed E-state index contributed by atoms with van der Waals surface area (Å²) in [6.45, 7) is 7.18. The van der Waals surface area contributed by atoms with Crippen molar-refractivity contribution < 1.29 is 4.74 Å². The number of hydrogen-bond donors (Lipinski definition) is 1. The molecular weight excluding hydrogens is 210 g/mol. The molecule has 0 aliphatic heterocycles. The van der Waals surface area contributed by atoms with Crippen molar-refractivity contribution in [3.05, 3.63) is 35.9 Å². The fourth-order valence-electron chi connectivity index (χ4n) is 1.97. The summed E-state index contributed by atoms with van der Waals surface area (Å²) in [7, 11) is 0. The van der Waals surface area contributed by atoms with Crippen LogP contribution in [0.4, 0.5) is 0 Å². The average Bonchev–Trinajstić information content (AvgIpc) is 2.34. The Morgan fingerprint density at radius 2 is 1.76 bits per heavy atom. The Morgan fingerprint density at radius 3 is 2.29 bits per heavy atom. The second-order valence-electron chi connectivity index (χ2n) is 4.92. The third-order valence-corrected chi connectivity index (χ3v) is 2.94. The molecule has 0 heterocycles. The molecule has 0 saturated carbocycles. The van der Waals surface area contributed by atoms with Crippen LogP contribution in [0.3, 0.4) is 0 Å². The lowest BCUT2D eigenvalue weighted by Gasteiger charge is -2.24. The molecule has 0 bridgehead atoms. The van der Waals surface area contributed by atoms with Crippen molar-refractivity contribution >= 4 is 0 Å². The normalized spacial score (nSPS) is 14.9. The van der Waals surface area contributed by atoms with E-state index in [1.165, 1.54) is 5.56 Å². The van der Waals surface area contributed by atoms with Crippen molar-refractivity contribution in [2.75, 3.05) is 6.61 Å². The van der Waals surface area contributed by atoms with E-state index in [4.69, 9.17) is 10.5 Å². The summed E-state index contributed by atoms with van der Waals surface area (Å²) in [5, 5.41) is 0. The molecule has 0 spiro atoms. The Morgan fingerprint density at radius 1 is 1.12 bits per heavy atom. The average molecular weight is 235 g/mol. The quantitative estimate of drug-likeness (QED) is 0.784. The minimum Gasteiger partial charge on any atom is -0.372 e. The highest BCUT2D eigenvalue weighted by Gasteiger charge is 2.19. The van der Waals surface area contributed by atoms with Crippen molar-refractivity contribution in [3.63, 3.8) is 0 Å². The smallest absolute Gasteiger partial charge is 0.0975 e. The summed E-state index contributed by atoms with van der Waals surface area (Å²) in [5.41, 5.74) is 7.45. The van der Waals surface area contributed by atoms with Crippen LogP contribution in [0.1, 0.15) is 45.3 Å². The maximum atomic E-state index is 6.26. The van der Waals surface area contributed by atoms with Crippen LogP contribution in [0.25, 0.3) is 0 Å². The van der Waals surface area contributed by atoms with Crippen LogP contribution in [0, 0.1) is 5.92 Å². The first-order chi connectivity index (χ1) is 8.15. The largest absolute Gasteiger partial charge is 0.372 e. The maximum absolute atomic E-state index is 6.26. The lowest BCUT2D eigenvalue weighted by Crippen LogP contribution is -2.30. The molecule has 0 aliphatic rings. The predicted octanol–water partition coefficient (Wildman–Crippen LogP) is 3.53. The van der Waals surface area contributed by atoms with Gasteiger partial charge in [0, 0.05) is 12.6 Å². The maximum Gasteiger partial charge on any atom is 0.0975 e. The molecule has 1 aromatic rings. The Kier molecular flexibility index (Phi) is 6.23. The van der Waals surface area contributed by atoms with Crippen LogP contribution < -0.4 is 5.73 Å².